The molecule has 4 rings (SSSR count). The van der Waals surface area contributed by atoms with Gasteiger partial charge in [0.05, 0.1) is 23.0 Å². The Bertz CT molecular complexity index is 1160. The third-order valence-electron chi connectivity index (χ3n) is 5.69. The van der Waals surface area contributed by atoms with Gasteiger partial charge in [-0.2, -0.15) is 18.3 Å². The highest BCUT2D eigenvalue weighted by molar-refractivity contribution is 5.85. The number of phenolic OH excluding ortho intramolecular Hbond substituents is 1. The topological polar surface area (TPSA) is 63.4 Å². The summed E-state index contributed by atoms with van der Waals surface area (Å²) in [6.45, 7) is 5.60. The zero-order valence-electron chi connectivity index (χ0n) is 17.4. The maximum Gasteiger partial charge on any atom is 0.419 e. The van der Waals surface area contributed by atoms with Crippen molar-refractivity contribution in [3.8, 4) is 11.4 Å². The van der Waals surface area contributed by atoms with Crippen molar-refractivity contribution in [3.05, 3.63) is 41.2 Å². The summed E-state index contributed by atoms with van der Waals surface area (Å²) in [5, 5.41) is 14.3. The number of anilines is 1. The molecule has 172 valence electrons. The number of alkyl halides is 3. The number of benzene rings is 1. The second kappa shape index (κ2) is 8.19. The van der Waals surface area contributed by atoms with E-state index in [9.17, 15) is 27.1 Å². The van der Waals surface area contributed by atoms with Gasteiger partial charge in [-0.1, -0.05) is 0 Å². The van der Waals surface area contributed by atoms with Crippen LogP contribution in [-0.4, -0.2) is 45.7 Å². The lowest BCUT2D eigenvalue weighted by atomic mass is 10.1. The molecule has 0 radical (unpaired) electrons. The molecule has 3 heterocycles. The molecule has 0 amide bonds. The van der Waals surface area contributed by atoms with Crippen LogP contribution in [0.3, 0.4) is 0 Å². The monoisotopic (exact) mass is 456 g/mol. The first-order valence-corrected chi connectivity index (χ1v) is 10.1. The van der Waals surface area contributed by atoms with Crippen molar-refractivity contribution in [2.24, 2.45) is 0 Å². The Morgan fingerprint density at radius 1 is 1.19 bits per heavy atom. The molecule has 0 bridgehead atoms. The number of ether oxygens (including phenoxy) is 1. The highest BCUT2D eigenvalue weighted by Gasteiger charge is 2.38. The van der Waals surface area contributed by atoms with E-state index in [-0.39, 0.29) is 11.6 Å². The summed E-state index contributed by atoms with van der Waals surface area (Å²) >= 11 is 0. The van der Waals surface area contributed by atoms with Crippen LogP contribution in [0.4, 0.5) is 27.8 Å². The normalized spacial score (nSPS) is 15.5. The molecule has 0 atom stereocenters. The number of aromatic nitrogens is 3. The molecule has 1 aliphatic rings. The third-order valence-corrected chi connectivity index (χ3v) is 5.69. The van der Waals surface area contributed by atoms with Gasteiger partial charge in [0.2, 0.25) is 0 Å². The van der Waals surface area contributed by atoms with Crippen molar-refractivity contribution >= 4 is 16.7 Å². The molecule has 0 unspecified atom stereocenters. The van der Waals surface area contributed by atoms with Gasteiger partial charge in [-0.25, -0.2) is 18.4 Å². The number of halogens is 5. The fourth-order valence-electron chi connectivity index (χ4n) is 4.07. The minimum Gasteiger partial charge on any atom is -0.503 e. The highest BCUT2D eigenvalue weighted by Crippen LogP contribution is 2.39. The SMILES string of the molecule is CCN(c1cc2c(C)nn(-c3cc(C(F)(F)F)c(F)c(O)c3F)c2cn1)C1CCOCC1. The number of hydrogen-bond donors (Lipinski definition) is 1. The summed E-state index contributed by atoms with van der Waals surface area (Å²) in [5.41, 5.74) is -1.86. The number of aryl methyl sites for hydroxylation is 1. The summed E-state index contributed by atoms with van der Waals surface area (Å²) in [6, 6.07) is 2.28. The minimum absolute atomic E-state index is 0.229. The van der Waals surface area contributed by atoms with Gasteiger partial charge in [-0.05, 0) is 38.8 Å². The molecular weight excluding hydrogens is 435 g/mol. The molecule has 32 heavy (non-hydrogen) atoms. The number of hydrogen-bond acceptors (Lipinski definition) is 5. The van der Waals surface area contributed by atoms with Crippen LogP contribution in [0, 0.1) is 18.6 Å². The second-order valence-corrected chi connectivity index (χ2v) is 7.60. The number of aromatic hydroxyl groups is 1. The summed E-state index contributed by atoms with van der Waals surface area (Å²) in [4.78, 5) is 6.55. The predicted molar refractivity (Wildman–Crippen MR) is 107 cm³/mol. The Morgan fingerprint density at radius 3 is 2.50 bits per heavy atom. The van der Waals surface area contributed by atoms with Gasteiger partial charge in [-0.15, -0.1) is 0 Å². The summed E-state index contributed by atoms with van der Waals surface area (Å²) in [6.07, 6.45) is -2.06. The quantitative estimate of drug-likeness (QED) is 0.575. The minimum atomic E-state index is -5.13. The Kier molecular flexibility index (Phi) is 5.70. The summed E-state index contributed by atoms with van der Waals surface area (Å²) in [7, 11) is 0. The van der Waals surface area contributed by atoms with Gasteiger partial charge in [0.15, 0.2) is 17.4 Å². The van der Waals surface area contributed by atoms with Crippen LogP contribution < -0.4 is 4.90 Å². The maximum atomic E-state index is 14.6. The molecular formula is C21H21F5N4O2. The molecule has 2 aromatic heterocycles. The Balaban J connectivity index is 1.83. The van der Waals surface area contributed by atoms with E-state index >= 15 is 0 Å². The van der Waals surface area contributed by atoms with Gasteiger partial charge >= 0.3 is 6.18 Å². The van der Waals surface area contributed by atoms with E-state index in [2.05, 4.69) is 15.0 Å². The average molecular weight is 456 g/mol. The summed E-state index contributed by atoms with van der Waals surface area (Å²) < 4.78 is 74.4. The molecule has 1 aliphatic heterocycles. The van der Waals surface area contributed by atoms with Crippen molar-refractivity contribution in [1.82, 2.24) is 14.8 Å². The van der Waals surface area contributed by atoms with Crippen LogP contribution >= 0.6 is 0 Å². The van der Waals surface area contributed by atoms with Crippen molar-refractivity contribution in [1.29, 1.82) is 0 Å². The lowest BCUT2D eigenvalue weighted by Crippen LogP contribution is -2.39. The van der Waals surface area contributed by atoms with Crippen LogP contribution in [0.5, 0.6) is 5.75 Å². The zero-order chi connectivity index (χ0) is 23.2. The van der Waals surface area contributed by atoms with E-state index in [1.807, 2.05) is 6.92 Å². The lowest BCUT2D eigenvalue weighted by Gasteiger charge is -2.34. The van der Waals surface area contributed by atoms with Crippen molar-refractivity contribution in [2.75, 3.05) is 24.7 Å². The third kappa shape index (κ3) is 3.74. The molecule has 6 nitrogen and oxygen atoms in total. The molecule has 1 N–H and O–H groups in total. The number of pyridine rings is 1. The van der Waals surface area contributed by atoms with E-state index in [4.69, 9.17) is 4.74 Å². The largest absolute Gasteiger partial charge is 0.503 e. The standard InChI is InChI=1S/C21H21F5N4O2/c1-3-29(12-4-6-32-7-5-12)17-8-13-11(2)28-30(16(13)10-27-17)15-9-14(21(24,25)26)18(22)20(31)19(15)23/h8-10,12,31H,3-7H2,1-2H3. The van der Waals surface area contributed by atoms with Gasteiger partial charge in [0.25, 0.3) is 0 Å². The van der Waals surface area contributed by atoms with Crippen LogP contribution in [-0.2, 0) is 10.9 Å². The van der Waals surface area contributed by atoms with Gasteiger partial charge < -0.3 is 14.7 Å². The Hall–Kier alpha value is -2.95. The van der Waals surface area contributed by atoms with Crippen LogP contribution in [0.1, 0.15) is 31.0 Å². The number of fused-ring (bicyclic) bond motifs is 1. The van der Waals surface area contributed by atoms with Crippen LogP contribution in [0.2, 0.25) is 0 Å². The molecule has 1 fully saturated rings. The van der Waals surface area contributed by atoms with Gasteiger partial charge in [-0.3, -0.25) is 0 Å². The Labute approximate surface area is 180 Å². The molecule has 0 spiro atoms. The van der Waals surface area contributed by atoms with Crippen molar-refractivity contribution in [2.45, 2.75) is 38.9 Å². The average Bonchev–Trinajstić information content (AvgIpc) is 3.08. The molecule has 0 saturated carbocycles. The van der Waals surface area contributed by atoms with E-state index in [1.54, 1.807) is 13.0 Å². The first kappa shape index (κ1) is 22.3. The van der Waals surface area contributed by atoms with Gasteiger partial charge in [0.1, 0.15) is 11.5 Å². The zero-order valence-corrected chi connectivity index (χ0v) is 17.4. The lowest BCUT2D eigenvalue weighted by molar-refractivity contribution is -0.140. The molecule has 1 aromatic carbocycles. The van der Waals surface area contributed by atoms with Gasteiger partial charge in [0, 0.05) is 31.2 Å². The molecule has 11 heteroatoms. The second-order valence-electron chi connectivity index (χ2n) is 7.60. The first-order chi connectivity index (χ1) is 15.1. The summed E-state index contributed by atoms with van der Waals surface area (Å²) in [5.74, 6) is -4.66. The smallest absolute Gasteiger partial charge is 0.419 e. The van der Waals surface area contributed by atoms with E-state index in [0.717, 1.165) is 17.5 Å². The first-order valence-electron chi connectivity index (χ1n) is 10.1. The number of phenols is 1. The fourth-order valence-corrected chi connectivity index (χ4v) is 4.07. The van der Waals surface area contributed by atoms with E-state index < -0.39 is 34.8 Å². The highest BCUT2D eigenvalue weighted by atomic mass is 19.4. The molecule has 1 saturated heterocycles. The van der Waals surface area contributed by atoms with Crippen molar-refractivity contribution in [3.63, 3.8) is 0 Å². The van der Waals surface area contributed by atoms with Crippen LogP contribution in [0.15, 0.2) is 18.3 Å². The molecule has 3 aromatic rings. The Morgan fingerprint density at radius 2 is 1.88 bits per heavy atom. The van der Waals surface area contributed by atoms with E-state index in [0.29, 0.717) is 42.7 Å². The number of rotatable bonds is 4. The predicted octanol–water partition coefficient (Wildman–Crippen LogP) is 4.74. The van der Waals surface area contributed by atoms with E-state index in [1.165, 1.54) is 6.20 Å². The van der Waals surface area contributed by atoms with Crippen LogP contribution in [0.25, 0.3) is 16.6 Å². The van der Waals surface area contributed by atoms with Crippen molar-refractivity contribution < 1.29 is 31.8 Å². The maximum absolute atomic E-state index is 14.6. The number of nitrogens with zero attached hydrogens (tertiary/aromatic N) is 4. The molecule has 0 aliphatic carbocycles. The fraction of sp³-hybridized carbons (Fsp3) is 0.429.